The quantitative estimate of drug-likeness (QED) is 0.155. The van der Waals surface area contributed by atoms with Gasteiger partial charge in [0.2, 0.25) is 0 Å². The molecular formula is C56H41N. The Bertz CT molecular complexity index is 2960. The van der Waals surface area contributed by atoms with Gasteiger partial charge in [0.1, 0.15) is 0 Å². The van der Waals surface area contributed by atoms with Crippen molar-refractivity contribution in [1.29, 1.82) is 0 Å². The van der Waals surface area contributed by atoms with Gasteiger partial charge in [-0.25, -0.2) is 0 Å². The smallest absolute Gasteiger partial charge is 0.0672 e. The molecule has 0 aromatic heterocycles. The van der Waals surface area contributed by atoms with Crippen molar-refractivity contribution in [3.63, 3.8) is 0 Å². The van der Waals surface area contributed by atoms with Crippen molar-refractivity contribution >= 4 is 33.0 Å². The summed E-state index contributed by atoms with van der Waals surface area (Å²) < 4.78 is 0. The van der Waals surface area contributed by atoms with Crippen LogP contribution in [0.15, 0.2) is 223 Å². The van der Waals surface area contributed by atoms with E-state index >= 15 is 0 Å². The molecule has 0 saturated heterocycles. The highest BCUT2D eigenvalue weighted by molar-refractivity contribution is 6.08. The predicted molar refractivity (Wildman–Crippen MR) is 243 cm³/mol. The summed E-state index contributed by atoms with van der Waals surface area (Å²) in [6.07, 6.45) is 2.40. The van der Waals surface area contributed by atoms with Gasteiger partial charge in [0.05, 0.1) is 11.4 Å². The van der Waals surface area contributed by atoms with Crippen molar-refractivity contribution in [3.8, 4) is 44.5 Å². The van der Waals surface area contributed by atoms with E-state index < -0.39 is 0 Å². The van der Waals surface area contributed by atoms with Gasteiger partial charge in [0.15, 0.2) is 0 Å². The lowest BCUT2D eigenvalue weighted by Crippen LogP contribution is -2.23. The predicted octanol–water partition coefficient (Wildman–Crippen LogP) is 14.9. The Kier molecular flexibility index (Phi) is 8.97. The summed E-state index contributed by atoms with van der Waals surface area (Å²) in [5.74, 6) is 0.268. The van der Waals surface area contributed by atoms with Crippen LogP contribution < -0.4 is 0 Å². The SMILES string of the molecule is CC1C(c2cccc(-c3cccc4ccccc34)c2)=NC(c2cccc(-c3cccc4ccccc34)c2)=CC1c1ccc(-c2cccc(-c3ccccc3)c2)cc1. The molecule has 0 saturated carbocycles. The monoisotopic (exact) mass is 727 g/mol. The molecule has 1 aliphatic rings. The average Bonchev–Trinajstić information content (AvgIpc) is 3.29. The van der Waals surface area contributed by atoms with Gasteiger partial charge in [-0.3, -0.25) is 4.99 Å². The van der Waals surface area contributed by atoms with Crippen molar-refractivity contribution in [1.82, 2.24) is 0 Å². The molecule has 9 aromatic rings. The zero-order valence-corrected chi connectivity index (χ0v) is 31.9. The third kappa shape index (κ3) is 6.68. The second-order valence-corrected chi connectivity index (χ2v) is 15.1. The molecule has 0 amide bonds. The van der Waals surface area contributed by atoms with Crippen LogP contribution in [0, 0.1) is 5.92 Å². The van der Waals surface area contributed by atoms with Gasteiger partial charge in [0.25, 0.3) is 0 Å². The maximum atomic E-state index is 5.55. The molecule has 10 rings (SSSR count). The van der Waals surface area contributed by atoms with E-state index in [0.717, 1.165) is 22.5 Å². The number of rotatable bonds is 7. The summed E-state index contributed by atoms with van der Waals surface area (Å²) in [7, 11) is 0. The molecule has 2 unspecified atom stereocenters. The Morgan fingerprint density at radius 1 is 0.351 bits per heavy atom. The van der Waals surface area contributed by atoms with Crippen LogP contribution in [0.3, 0.4) is 0 Å². The summed E-state index contributed by atoms with van der Waals surface area (Å²) in [5, 5.41) is 5.00. The van der Waals surface area contributed by atoms with Crippen LogP contribution in [0.25, 0.3) is 71.7 Å². The van der Waals surface area contributed by atoms with Crippen molar-refractivity contribution in [2.45, 2.75) is 12.8 Å². The highest BCUT2D eigenvalue weighted by atomic mass is 14.8. The maximum absolute atomic E-state index is 5.55. The van der Waals surface area contributed by atoms with Crippen molar-refractivity contribution < 1.29 is 0 Å². The zero-order valence-electron chi connectivity index (χ0n) is 31.9. The van der Waals surface area contributed by atoms with Crippen LogP contribution >= 0.6 is 0 Å². The first-order valence-electron chi connectivity index (χ1n) is 19.9. The van der Waals surface area contributed by atoms with E-state index in [2.05, 4.69) is 225 Å². The van der Waals surface area contributed by atoms with Gasteiger partial charge in [-0.15, -0.1) is 0 Å². The molecule has 1 aliphatic heterocycles. The maximum Gasteiger partial charge on any atom is 0.0672 e. The molecule has 0 N–H and O–H groups in total. The number of benzene rings is 9. The topological polar surface area (TPSA) is 12.4 Å². The van der Waals surface area contributed by atoms with Crippen LogP contribution in [-0.4, -0.2) is 5.71 Å². The Balaban J connectivity index is 1.07. The number of allylic oxidation sites excluding steroid dienone is 1. The number of fused-ring (bicyclic) bond motifs is 2. The average molecular weight is 728 g/mol. The number of aliphatic imine (C=N–C) groups is 1. The largest absolute Gasteiger partial charge is 0.252 e. The molecule has 2 atom stereocenters. The van der Waals surface area contributed by atoms with E-state index in [4.69, 9.17) is 4.99 Å². The zero-order chi connectivity index (χ0) is 38.1. The van der Waals surface area contributed by atoms with Gasteiger partial charge in [-0.1, -0.05) is 201 Å². The van der Waals surface area contributed by atoms with Crippen LogP contribution in [0.5, 0.6) is 0 Å². The van der Waals surface area contributed by atoms with Crippen molar-refractivity contribution in [2.24, 2.45) is 10.9 Å². The Morgan fingerprint density at radius 2 is 0.789 bits per heavy atom. The van der Waals surface area contributed by atoms with Gasteiger partial charge in [-0.05, 0) is 101 Å². The van der Waals surface area contributed by atoms with E-state index in [1.54, 1.807) is 0 Å². The minimum atomic E-state index is 0.125. The van der Waals surface area contributed by atoms with E-state index in [-0.39, 0.29) is 11.8 Å². The first-order chi connectivity index (χ1) is 28.2. The molecule has 0 radical (unpaired) electrons. The molecule has 0 spiro atoms. The minimum absolute atomic E-state index is 0.125. The number of nitrogens with zero attached hydrogens (tertiary/aromatic N) is 1. The molecular weight excluding hydrogens is 687 g/mol. The molecule has 270 valence electrons. The van der Waals surface area contributed by atoms with Crippen molar-refractivity contribution in [3.05, 3.63) is 235 Å². The standard InChI is InChI=1S/C56H41N/c1-38-54(43-32-30-40(31-33-43)45-21-9-20-44(34-45)39-14-3-2-4-15-39)37-55(48-24-10-22-46(35-48)52-28-12-18-41-16-5-7-26-50(41)52)57-56(38)49-25-11-23-47(36-49)53-29-13-19-42-17-6-8-27-51(42)53/h2-38,54H,1H3. The van der Waals surface area contributed by atoms with E-state index in [0.29, 0.717) is 0 Å². The summed E-state index contributed by atoms with van der Waals surface area (Å²) in [6.45, 7) is 2.34. The lowest BCUT2D eigenvalue weighted by Gasteiger charge is -2.29. The van der Waals surface area contributed by atoms with Crippen LogP contribution in [-0.2, 0) is 0 Å². The van der Waals surface area contributed by atoms with Crippen LogP contribution in [0.1, 0.15) is 29.5 Å². The lowest BCUT2D eigenvalue weighted by atomic mass is 9.78. The normalized spacial score (nSPS) is 15.3. The molecule has 0 aliphatic carbocycles. The van der Waals surface area contributed by atoms with E-state index in [1.807, 2.05) is 0 Å². The fourth-order valence-electron chi connectivity index (χ4n) is 8.68. The van der Waals surface area contributed by atoms with E-state index in [1.165, 1.54) is 71.6 Å². The molecule has 1 heteroatoms. The number of hydrogen-bond donors (Lipinski definition) is 0. The Morgan fingerprint density at radius 3 is 1.42 bits per heavy atom. The van der Waals surface area contributed by atoms with Crippen LogP contribution in [0.2, 0.25) is 0 Å². The Labute approximate surface area is 335 Å². The summed E-state index contributed by atoms with van der Waals surface area (Å²) in [6, 6.07) is 77.0. The Hall–Kier alpha value is -7.09. The highest BCUT2D eigenvalue weighted by Gasteiger charge is 2.29. The third-order valence-electron chi connectivity index (χ3n) is 11.7. The lowest BCUT2D eigenvalue weighted by molar-refractivity contribution is 0.672. The first kappa shape index (κ1) is 34.4. The van der Waals surface area contributed by atoms with E-state index in [9.17, 15) is 0 Å². The molecule has 0 fully saturated rings. The van der Waals surface area contributed by atoms with Crippen LogP contribution in [0.4, 0.5) is 0 Å². The second kappa shape index (κ2) is 14.9. The van der Waals surface area contributed by atoms with Gasteiger partial charge in [-0.2, -0.15) is 0 Å². The van der Waals surface area contributed by atoms with Gasteiger partial charge >= 0.3 is 0 Å². The van der Waals surface area contributed by atoms with Gasteiger partial charge in [0, 0.05) is 17.4 Å². The molecule has 57 heavy (non-hydrogen) atoms. The second-order valence-electron chi connectivity index (χ2n) is 15.1. The summed E-state index contributed by atoms with van der Waals surface area (Å²) in [4.78, 5) is 5.55. The van der Waals surface area contributed by atoms with Crippen molar-refractivity contribution in [2.75, 3.05) is 0 Å². The third-order valence-corrected chi connectivity index (χ3v) is 11.7. The highest BCUT2D eigenvalue weighted by Crippen LogP contribution is 2.40. The summed E-state index contributed by atoms with van der Waals surface area (Å²) in [5.41, 5.74) is 15.4. The number of hydrogen-bond acceptors (Lipinski definition) is 1. The summed E-state index contributed by atoms with van der Waals surface area (Å²) >= 11 is 0. The first-order valence-corrected chi connectivity index (χ1v) is 19.9. The fraction of sp³-hybridized carbons (Fsp3) is 0.0536. The minimum Gasteiger partial charge on any atom is -0.252 e. The molecule has 9 aromatic carbocycles. The molecule has 0 bridgehead atoms. The van der Waals surface area contributed by atoms with Gasteiger partial charge < -0.3 is 0 Å². The molecule has 1 nitrogen and oxygen atoms in total. The fourth-order valence-corrected chi connectivity index (χ4v) is 8.68. The molecule has 1 heterocycles.